The van der Waals surface area contributed by atoms with E-state index >= 15 is 0 Å². The Morgan fingerprint density at radius 3 is 2.56 bits per heavy atom. The summed E-state index contributed by atoms with van der Waals surface area (Å²) in [5.41, 5.74) is 2.30. The van der Waals surface area contributed by atoms with Crippen LogP contribution < -0.4 is 5.32 Å². The van der Waals surface area contributed by atoms with Crippen LogP contribution in [0.5, 0.6) is 0 Å². The van der Waals surface area contributed by atoms with Gasteiger partial charge in [-0.3, -0.25) is 4.79 Å². The summed E-state index contributed by atoms with van der Waals surface area (Å²) in [6, 6.07) is 18.4. The standard InChI is InChI=1S/C25H29ClN4OS/c1-18-7-5-6-10-22(18)27-24(31)17-32-25-29-28-23(15-19-8-3-2-4-9-19)30(25)16-20-11-13-21(26)14-12-20/h2-4,8-9,11-14,18,22H,5-7,10,15-17H2,1H3,(H,27,31)/t18-,22+/m1/s1. The van der Waals surface area contributed by atoms with Crippen LogP contribution in [0.4, 0.5) is 0 Å². The Bertz CT molecular complexity index is 1020. The van der Waals surface area contributed by atoms with E-state index in [0.29, 0.717) is 29.7 Å². The van der Waals surface area contributed by atoms with Gasteiger partial charge >= 0.3 is 0 Å². The predicted molar refractivity (Wildman–Crippen MR) is 130 cm³/mol. The highest BCUT2D eigenvalue weighted by Crippen LogP contribution is 2.25. The van der Waals surface area contributed by atoms with Crippen LogP contribution in [0, 0.1) is 5.92 Å². The van der Waals surface area contributed by atoms with Gasteiger partial charge in [-0.25, -0.2) is 0 Å². The van der Waals surface area contributed by atoms with Crippen LogP contribution in [-0.2, 0) is 17.8 Å². The van der Waals surface area contributed by atoms with Crippen LogP contribution in [0.1, 0.15) is 49.6 Å². The molecule has 1 amide bonds. The SMILES string of the molecule is C[C@@H]1CCCC[C@@H]1NC(=O)CSc1nnc(Cc2ccccc2)n1Cc1ccc(Cl)cc1. The van der Waals surface area contributed by atoms with Crippen molar-refractivity contribution in [1.29, 1.82) is 0 Å². The lowest BCUT2D eigenvalue weighted by molar-refractivity contribution is -0.119. The van der Waals surface area contributed by atoms with Crippen molar-refractivity contribution in [3.63, 3.8) is 0 Å². The van der Waals surface area contributed by atoms with Gasteiger partial charge in [0, 0.05) is 17.5 Å². The first-order valence-corrected chi connectivity index (χ1v) is 12.6. The summed E-state index contributed by atoms with van der Waals surface area (Å²) in [7, 11) is 0. The molecule has 0 radical (unpaired) electrons. The Morgan fingerprint density at radius 1 is 1.06 bits per heavy atom. The van der Waals surface area contributed by atoms with Gasteiger partial charge in [0.2, 0.25) is 5.91 Å². The summed E-state index contributed by atoms with van der Waals surface area (Å²) in [6.45, 7) is 2.87. The first kappa shape index (κ1) is 22.9. The van der Waals surface area contributed by atoms with Gasteiger partial charge < -0.3 is 9.88 Å². The molecule has 2 atom stereocenters. The number of thioether (sulfide) groups is 1. The van der Waals surface area contributed by atoms with Gasteiger partial charge in [0.1, 0.15) is 5.82 Å². The van der Waals surface area contributed by atoms with Crippen LogP contribution in [0.3, 0.4) is 0 Å². The molecule has 1 fully saturated rings. The van der Waals surface area contributed by atoms with E-state index in [0.717, 1.165) is 23.0 Å². The minimum Gasteiger partial charge on any atom is -0.352 e. The summed E-state index contributed by atoms with van der Waals surface area (Å²) in [4.78, 5) is 12.6. The topological polar surface area (TPSA) is 59.8 Å². The van der Waals surface area contributed by atoms with E-state index in [2.05, 4.69) is 39.1 Å². The number of carbonyl (C=O) groups is 1. The number of nitrogens with zero attached hydrogens (tertiary/aromatic N) is 3. The lowest BCUT2D eigenvalue weighted by Gasteiger charge is -2.29. The highest BCUT2D eigenvalue weighted by Gasteiger charge is 2.23. The molecule has 2 aromatic carbocycles. The number of amides is 1. The van der Waals surface area contributed by atoms with E-state index in [1.165, 1.54) is 36.6 Å². The second kappa shape index (κ2) is 11.0. The van der Waals surface area contributed by atoms with Crippen LogP contribution in [0.2, 0.25) is 5.02 Å². The third-order valence-electron chi connectivity index (χ3n) is 6.04. The number of hydrogen-bond donors (Lipinski definition) is 1. The average Bonchev–Trinajstić information content (AvgIpc) is 3.17. The molecular weight excluding hydrogens is 440 g/mol. The van der Waals surface area contributed by atoms with E-state index in [-0.39, 0.29) is 11.9 Å². The second-order valence-electron chi connectivity index (χ2n) is 8.50. The molecule has 1 aliphatic rings. The molecule has 0 spiro atoms. The quantitative estimate of drug-likeness (QED) is 0.452. The second-order valence-corrected chi connectivity index (χ2v) is 9.88. The van der Waals surface area contributed by atoms with Gasteiger partial charge in [0.05, 0.1) is 12.3 Å². The maximum Gasteiger partial charge on any atom is 0.230 e. The minimum absolute atomic E-state index is 0.0689. The normalized spacial score (nSPS) is 18.4. The summed E-state index contributed by atoms with van der Waals surface area (Å²) in [6.07, 6.45) is 5.41. The van der Waals surface area contributed by atoms with Gasteiger partial charge in [-0.2, -0.15) is 0 Å². The molecule has 4 rings (SSSR count). The maximum absolute atomic E-state index is 12.6. The van der Waals surface area contributed by atoms with E-state index in [1.54, 1.807) is 0 Å². The number of nitrogens with one attached hydrogen (secondary N) is 1. The van der Waals surface area contributed by atoms with Crippen molar-refractivity contribution in [3.05, 3.63) is 76.6 Å². The Labute approximate surface area is 199 Å². The minimum atomic E-state index is 0.0689. The van der Waals surface area contributed by atoms with E-state index in [4.69, 9.17) is 11.6 Å². The number of aromatic nitrogens is 3. The van der Waals surface area contributed by atoms with Crippen LogP contribution in [0.25, 0.3) is 0 Å². The van der Waals surface area contributed by atoms with Crippen molar-refractivity contribution in [2.24, 2.45) is 5.92 Å². The lowest BCUT2D eigenvalue weighted by Crippen LogP contribution is -2.41. The van der Waals surface area contributed by atoms with Gasteiger partial charge in [-0.1, -0.05) is 85.6 Å². The fourth-order valence-corrected chi connectivity index (χ4v) is 5.07. The molecule has 1 aliphatic carbocycles. The molecule has 1 saturated carbocycles. The smallest absolute Gasteiger partial charge is 0.230 e. The third-order valence-corrected chi connectivity index (χ3v) is 7.26. The predicted octanol–water partition coefficient (Wildman–Crippen LogP) is 5.36. The monoisotopic (exact) mass is 468 g/mol. The fourth-order valence-electron chi connectivity index (χ4n) is 4.18. The molecule has 7 heteroatoms. The molecule has 1 aromatic heterocycles. The van der Waals surface area contributed by atoms with E-state index in [9.17, 15) is 4.79 Å². The molecule has 1 heterocycles. The summed E-state index contributed by atoms with van der Waals surface area (Å²) in [5.74, 6) is 1.84. The third kappa shape index (κ3) is 6.14. The van der Waals surface area contributed by atoms with E-state index in [1.807, 2.05) is 42.5 Å². The molecule has 0 saturated heterocycles. The zero-order valence-corrected chi connectivity index (χ0v) is 19.9. The molecule has 32 heavy (non-hydrogen) atoms. The zero-order chi connectivity index (χ0) is 22.3. The lowest BCUT2D eigenvalue weighted by atomic mass is 9.86. The Hall–Kier alpha value is -2.31. The van der Waals surface area contributed by atoms with Gasteiger partial charge in [0.25, 0.3) is 0 Å². The largest absolute Gasteiger partial charge is 0.352 e. The molecule has 168 valence electrons. The van der Waals surface area contributed by atoms with Crippen molar-refractivity contribution in [1.82, 2.24) is 20.1 Å². The number of halogens is 1. The van der Waals surface area contributed by atoms with Crippen molar-refractivity contribution < 1.29 is 4.79 Å². The first-order valence-electron chi connectivity index (χ1n) is 11.2. The molecule has 0 unspecified atom stereocenters. The summed E-state index contributed by atoms with van der Waals surface area (Å²) >= 11 is 7.51. The van der Waals surface area contributed by atoms with Gasteiger partial charge in [-0.05, 0) is 42.0 Å². The molecule has 0 bridgehead atoms. The zero-order valence-electron chi connectivity index (χ0n) is 18.3. The number of carbonyl (C=O) groups excluding carboxylic acids is 1. The van der Waals surface area contributed by atoms with Gasteiger partial charge in [0.15, 0.2) is 5.16 Å². The summed E-state index contributed by atoms with van der Waals surface area (Å²) in [5, 5.41) is 13.6. The molecule has 5 nitrogen and oxygen atoms in total. The fraction of sp³-hybridized carbons (Fsp3) is 0.400. The molecule has 0 aliphatic heterocycles. The highest BCUT2D eigenvalue weighted by molar-refractivity contribution is 7.99. The Kier molecular flexibility index (Phi) is 7.87. The molecular formula is C25H29ClN4OS. The van der Waals surface area contributed by atoms with Gasteiger partial charge in [-0.15, -0.1) is 10.2 Å². The average molecular weight is 469 g/mol. The van der Waals surface area contributed by atoms with Crippen molar-refractivity contribution >= 4 is 29.3 Å². The Morgan fingerprint density at radius 2 is 1.81 bits per heavy atom. The highest BCUT2D eigenvalue weighted by atomic mass is 35.5. The van der Waals surface area contributed by atoms with Crippen LogP contribution in [0.15, 0.2) is 59.8 Å². The molecule has 1 N–H and O–H groups in total. The number of rotatable bonds is 8. The number of hydrogen-bond acceptors (Lipinski definition) is 4. The van der Waals surface area contributed by atoms with Crippen molar-refractivity contribution in [2.75, 3.05) is 5.75 Å². The first-order chi connectivity index (χ1) is 15.6. The van der Waals surface area contributed by atoms with Crippen molar-refractivity contribution in [3.8, 4) is 0 Å². The van der Waals surface area contributed by atoms with E-state index < -0.39 is 0 Å². The van der Waals surface area contributed by atoms with Crippen LogP contribution >= 0.6 is 23.4 Å². The molecule has 3 aromatic rings. The van der Waals surface area contributed by atoms with Crippen LogP contribution in [-0.4, -0.2) is 32.5 Å². The van der Waals surface area contributed by atoms with Crippen molar-refractivity contribution in [2.45, 2.75) is 56.8 Å². The maximum atomic E-state index is 12.6. The number of benzene rings is 2. The summed E-state index contributed by atoms with van der Waals surface area (Å²) < 4.78 is 2.11. The Balaban J connectivity index is 1.47.